The summed E-state index contributed by atoms with van der Waals surface area (Å²) in [6.45, 7) is 5.35. The van der Waals surface area contributed by atoms with Crippen LogP contribution in [0.1, 0.15) is 50.6 Å². The van der Waals surface area contributed by atoms with Crippen molar-refractivity contribution in [2.24, 2.45) is 5.92 Å². The molecule has 0 bridgehead atoms. The highest BCUT2D eigenvalue weighted by atomic mass is 35.5. The monoisotopic (exact) mass is 391 g/mol. The first-order chi connectivity index (χ1) is 13.0. The van der Waals surface area contributed by atoms with Crippen LogP contribution in [0.5, 0.6) is 0 Å². The molecule has 148 valence electrons. The summed E-state index contributed by atoms with van der Waals surface area (Å²) in [4.78, 5) is 29.1. The molecule has 3 rings (SSSR count). The van der Waals surface area contributed by atoms with Crippen LogP contribution in [0.3, 0.4) is 0 Å². The maximum Gasteiger partial charge on any atom is 0.234 e. The normalized spacial score (nSPS) is 20.3. The van der Waals surface area contributed by atoms with Crippen LogP contribution in [-0.4, -0.2) is 54.3 Å². The number of hydrogen-bond donors (Lipinski definition) is 1. The summed E-state index contributed by atoms with van der Waals surface area (Å²) in [5, 5.41) is 3.74. The Morgan fingerprint density at radius 1 is 1.07 bits per heavy atom. The summed E-state index contributed by atoms with van der Waals surface area (Å²) in [5.74, 6) is 0.577. The van der Waals surface area contributed by atoms with E-state index >= 15 is 0 Å². The van der Waals surface area contributed by atoms with Crippen LogP contribution >= 0.6 is 11.6 Å². The van der Waals surface area contributed by atoms with Crippen LogP contribution in [0, 0.1) is 5.92 Å². The molecule has 1 aliphatic carbocycles. The number of amides is 2. The zero-order valence-electron chi connectivity index (χ0n) is 16.1. The molecule has 1 saturated carbocycles. The van der Waals surface area contributed by atoms with E-state index in [9.17, 15) is 9.59 Å². The first-order valence-corrected chi connectivity index (χ1v) is 10.5. The maximum atomic E-state index is 12.6. The predicted octanol–water partition coefficient (Wildman–Crippen LogP) is 3.24. The van der Waals surface area contributed by atoms with E-state index in [1.54, 1.807) is 0 Å². The molecule has 1 saturated heterocycles. The number of rotatable bonds is 5. The Bertz CT molecular complexity index is 635. The lowest BCUT2D eigenvalue weighted by atomic mass is 9.88. The molecule has 1 aliphatic heterocycles. The van der Waals surface area contributed by atoms with Crippen LogP contribution in [0.25, 0.3) is 0 Å². The Labute approximate surface area is 167 Å². The Morgan fingerprint density at radius 2 is 1.70 bits per heavy atom. The van der Waals surface area contributed by atoms with E-state index in [1.165, 1.54) is 19.3 Å². The van der Waals surface area contributed by atoms with Gasteiger partial charge >= 0.3 is 0 Å². The molecule has 1 aromatic rings. The van der Waals surface area contributed by atoms with Crippen molar-refractivity contribution in [2.45, 2.75) is 45.1 Å². The van der Waals surface area contributed by atoms with Gasteiger partial charge in [-0.2, -0.15) is 0 Å². The second kappa shape index (κ2) is 9.56. The molecule has 1 N–H and O–H groups in total. The lowest BCUT2D eigenvalue weighted by Crippen LogP contribution is -2.52. The summed E-state index contributed by atoms with van der Waals surface area (Å²) in [5.41, 5.74) is 1.04. The van der Waals surface area contributed by atoms with Crippen molar-refractivity contribution in [3.8, 4) is 0 Å². The summed E-state index contributed by atoms with van der Waals surface area (Å²) >= 11 is 5.91. The number of carbonyl (C=O) groups is 2. The van der Waals surface area contributed by atoms with Gasteiger partial charge in [-0.05, 0) is 37.5 Å². The van der Waals surface area contributed by atoms with Gasteiger partial charge in [-0.1, -0.05) is 43.0 Å². The minimum atomic E-state index is -0.0519. The Morgan fingerprint density at radius 3 is 2.33 bits per heavy atom. The van der Waals surface area contributed by atoms with Gasteiger partial charge in [0.15, 0.2) is 0 Å². The molecule has 0 radical (unpaired) electrons. The first kappa shape index (κ1) is 20.2. The third-order valence-corrected chi connectivity index (χ3v) is 6.01. The Kier molecular flexibility index (Phi) is 7.13. The van der Waals surface area contributed by atoms with Gasteiger partial charge < -0.3 is 10.2 Å². The molecule has 27 heavy (non-hydrogen) atoms. The molecule has 6 heteroatoms. The van der Waals surface area contributed by atoms with Crippen molar-refractivity contribution >= 4 is 23.4 Å². The van der Waals surface area contributed by atoms with Gasteiger partial charge in [0.2, 0.25) is 11.8 Å². The van der Waals surface area contributed by atoms with Gasteiger partial charge in [0.1, 0.15) is 0 Å². The largest absolute Gasteiger partial charge is 0.348 e. The van der Waals surface area contributed by atoms with E-state index in [-0.39, 0.29) is 17.9 Å². The predicted molar refractivity (Wildman–Crippen MR) is 108 cm³/mol. The lowest BCUT2D eigenvalue weighted by Gasteiger charge is -2.37. The number of piperazine rings is 1. The first-order valence-electron chi connectivity index (χ1n) is 10.1. The van der Waals surface area contributed by atoms with E-state index < -0.39 is 0 Å². The molecule has 0 aromatic heterocycles. The second-order valence-electron chi connectivity index (χ2n) is 7.78. The van der Waals surface area contributed by atoms with Crippen molar-refractivity contribution in [1.29, 1.82) is 0 Å². The van der Waals surface area contributed by atoms with Gasteiger partial charge in [0, 0.05) is 37.1 Å². The van der Waals surface area contributed by atoms with E-state index in [0.29, 0.717) is 17.5 Å². The topological polar surface area (TPSA) is 52.7 Å². The highest BCUT2D eigenvalue weighted by molar-refractivity contribution is 6.30. The summed E-state index contributed by atoms with van der Waals surface area (Å²) in [6, 6.07) is 7.49. The van der Waals surface area contributed by atoms with E-state index in [4.69, 9.17) is 11.6 Å². The smallest absolute Gasteiger partial charge is 0.234 e. The number of halogens is 1. The molecule has 2 fully saturated rings. The highest BCUT2D eigenvalue weighted by Gasteiger charge is 2.28. The average Bonchev–Trinajstić information content (AvgIpc) is 2.69. The average molecular weight is 392 g/mol. The minimum absolute atomic E-state index is 0.0181. The van der Waals surface area contributed by atoms with Crippen molar-refractivity contribution in [2.75, 3.05) is 32.7 Å². The second-order valence-corrected chi connectivity index (χ2v) is 8.21. The molecular weight excluding hydrogens is 362 g/mol. The number of hydrogen-bond acceptors (Lipinski definition) is 3. The Balaban J connectivity index is 1.41. The van der Waals surface area contributed by atoms with Gasteiger partial charge in [-0.15, -0.1) is 0 Å². The summed E-state index contributed by atoms with van der Waals surface area (Å²) < 4.78 is 0. The maximum absolute atomic E-state index is 12.6. The van der Waals surface area contributed by atoms with Gasteiger partial charge in [-0.25, -0.2) is 0 Å². The molecule has 2 amide bonds. The summed E-state index contributed by atoms with van der Waals surface area (Å²) in [6.07, 6.45) is 5.72. The zero-order valence-corrected chi connectivity index (χ0v) is 16.9. The van der Waals surface area contributed by atoms with Crippen molar-refractivity contribution in [3.63, 3.8) is 0 Å². The third-order valence-electron chi connectivity index (χ3n) is 5.75. The highest BCUT2D eigenvalue weighted by Crippen LogP contribution is 2.25. The quantitative estimate of drug-likeness (QED) is 0.838. The van der Waals surface area contributed by atoms with Crippen molar-refractivity contribution in [3.05, 3.63) is 34.9 Å². The fourth-order valence-corrected chi connectivity index (χ4v) is 4.19. The van der Waals surface area contributed by atoms with Crippen molar-refractivity contribution < 1.29 is 9.59 Å². The van der Waals surface area contributed by atoms with Gasteiger partial charge in [-0.3, -0.25) is 14.5 Å². The summed E-state index contributed by atoms with van der Waals surface area (Å²) in [7, 11) is 0. The SMILES string of the molecule is CC(NC(=O)CN1CCN(C(=O)C2CCCCC2)CC1)c1ccc(Cl)cc1. The Hall–Kier alpha value is -1.59. The number of nitrogens with one attached hydrogen (secondary N) is 1. The standard InChI is InChI=1S/C21H30ClN3O2/c1-16(17-7-9-19(22)10-8-17)23-20(26)15-24-11-13-25(14-12-24)21(27)18-5-3-2-4-6-18/h7-10,16,18H,2-6,11-15H2,1H3,(H,23,26). The lowest BCUT2D eigenvalue weighted by molar-refractivity contribution is -0.138. The zero-order chi connectivity index (χ0) is 19.2. The van der Waals surface area contributed by atoms with Crippen LogP contribution in [0.2, 0.25) is 5.02 Å². The molecule has 1 aromatic carbocycles. The molecule has 5 nitrogen and oxygen atoms in total. The van der Waals surface area contributed by atoms with Crippen LogP contribution in [0.15, 0.2) is 24.3 Å². The fraction of sp³-hybridized carbons (Fsp3) is 0.619. The van der Waals surface area contributed by atoms with Crippen LogP contribution in [-0.2, 0) is 9.59 Å². The molecule has 1 heterocycles. The molecule has 1 unspecified atom stereocenters. The number of benzene rings is 1. The molecule has 0 spiro atoms. The third kappa shape index (κ3) is 5.69. The van der Waals surface area contributed by atoms with Crippen LogP contribution < -0.4 is 5.32 Å². The number of nitrogens with zero attached hydrogens (tertiary/aromatic N) is 2. The van der Waals surface area contributed by atoms with E-state index in [2.05, 4.69) is 10.2 Å². The van der Waals surface area contributed by atoms with Crippen molar-refractivity contribution in [1.82, 2.24) is 15.1 Å². The van der Waals surface area contributed by atoms with Gasteiger partial charge in [0.05, 0.1) is 12.6 Å². The van der Waals surface area contributed by atoms with Gasteiger partial charge in [0.25, 0.3) is 0 Å². The van der Waals surface area contributed by atoms with E-state index in [1.807, 2.05) is 36.1 Å². The van der Waals surface area contributed by atoms with E-state index in [0.717, 1.165) is 44.6 Å². The molecular formula is C21H30ClN3O2. The molecule has 2 aliphatic rings. The number of carbonyl (C=O) groups excluding carboxylic acids is 2. The molecule has 1 atom stereocenters. The minimum Gasteiger partial charge on any atom is -0.348 e. The van der Waals surface area contributed by atoms with Crippen LogP contribution in [0.4, 0.5) is 0 Å². The fourth-order valence-electron chi connectivity index (χ4n) is 4.06.